The molecule has 0 heterocycles. The quantitative estimate of drug-likeness (QED) is 0.313. The molecule has 0 aromatic heterocycles. The molecule has 0 bridgehead atoms. The van der Waals surface area contributed by atoms with E-state index in [-0.39, 0.29) is 0 Å². The van der Waals surface area contributed by atoms with Crippen molar-refractivity contribution in [1.82, 2.24) is 0 Å². The van der Waals surface area contributed by atoms with Gasteiger partial charge in [-0.15, -0.1) is 21.1 Å². The number of rotatable bonds is 0. The molecule has 0 N–H and O–H groups in total. The zero-order valence-corrected chi connectivity index (χ0v) is 4.72. The molecule has 0 nitrogen and oxygen atoms in total. The number of hydrogen-bond donors (Lipinski definition) is 0. The van der Waals surface area contributed by atoms with E-state index in [9.17, 15) is 0 Å². The zero-order chi connectivity index (χ0) is 4.41. The monoisotopic (exact) mass is 98.0 g/mol. The van der Waals surface area contributed by atoms with Crippen LogP contribution in [0.2, 0.25) is 0 Å². The van der Waals surface area contributed by atoms with Gasteiger partial charge in [-0.05, 0) is 5.66 Å². The van der Waals surface area contributed by atoms with E-state index in [4.69, 9.17) is 0 Å². The Morgan fingerprint density at radius 3 is 2.00 bits per heavy atom. The number of hydrogen-bond acceptors (Lipinski definition) is 0. The molecule has 0 aliphatic heterocycles. The second-order valence-corrected chi connectivity index (χ2v) is 2.46. The lowest BCUT2D eigenvalue weighted by molar-refractivity contribution is 0.966. The minimum atomic E-state index is 0.741. The van der Waals surface area contributed by atoms with E-state index in [0.29, 0.717) is 0 Å². The fourth-order valence-electron chi connectivity index (χ4n) is 0.479. The van der Waals surface area contributed by atoms with Crippen molar-refractivity contribution in [3.63, 3.8) is 0 Å². The summed E-state index contributed by atoms with van der Waals surface area (Å²) in [5, 5.41) is 0. The van der Waals surface area contributed by atoms with Crippen molar-refractivity contribution < 1.29 is 0 Å². The highest BCUT2D eigenvalue weighted by Crippen LogP contribution is 2.12. The van der Waals surface area contributed by atoms with Gasteiger partial charge in [-0.1, -0.05) is 0 Å². The Morgan fingerprint density at radius 1 is 1.33 bits per heavy atom. The average molecular weight is 98.1 g/mol. The molecule has 0 amide bonds. The lowest BCUT2D eigenvalue weighted by Gasteiger charge is -1.90. The van der Waals surface area contributed by atoms with Crippen molar-refractivity contribution >= 4 is 9.24 Å². The SMILES string of the molecule is PC1CC#CC1. The maximum atomic E-state index is 3.00. The lowest BCUT2D eigenvalue weighted by atomic mass is 10.3. The largest absolute Gasteiger partial charge is 0.132 e. The van der Waals surface area contributed by atoms with Crippen molar-refractivity contribution in [1.29, 1.82) is 0 Å². The Balaban J connectivity index is 2.37. The first-order valence-electron chi connectivity index (χ1n) is 2.11. The molecule has 6 heavy (non-hydrogen) atoms. The van der Waals surface area contributed by atoms with E-state index < -0.39 is 0 Å². The third kappa shape index (κ3) is 0.730. The predicted octanol–water partition coefficient (Wildman–Crippen LogP) is 1.03. The van der Waals surface area contributed by atoms with Gasteiger partial charge in [-0.25, -0.2) is 0 Å². The Hall–Kier alpha value is -0.0100. The maximum absolute atomic E-state index is 3.00. The molecule has 0 radical (unpaired) electrons. The van der Waals surface area contributed by atoms with Crippen molar-refractivity contribution in [2.45, 2.75) is 18.5 Å². The molecule has 0 spiro atoms. The van der Waals surface area contributed by atoms with Gasteiger partial charge in [0.2, 0.25) is 0 Å². The summed E-state index contributed by atoms with van der Waals surface area (Å²) in [5.74, 6) is 6.00. The van der Waals surface area contributed by atoms with Crippen LogP contribution in [0.1, 0.15) is 12.8 Å². The van der Waals surface area contributed by atoms with E-state index in [0.717, 1.165) is 18.5 Å². The highest BCUT2D eigenvalue weighted by atomic mass is 31.0. The minimum Gasteiger partial charge on any atom is -0.132 e. The molecule has 0 fully saturated rings. The Kier molecular flexibility index (Phi) is 1.13. The van der Waals surface area contributed by atoms with Gasteiger partial charge in [-0.2, -0.15) is 0 Å². The lowest BCUT2D eigenvalue weighted by Crippen LogP contribution is -1.84. The Morgan fingerprint density at radius 2 is 1.83 bits per heavy atom. The summed E-state index contributed by atoms with van der Waals surface area (Å²) >= 11 is 0. The summed E-state index contributed by atoms with van der Waals surface area (Å²) in [6, 6.07) is 0. The summed E-state index contributed by atoms with van der Waals surface area (Å²) in [6.45, 7) is 0. The van der Waals surface area contributed by atoms with Crippen LogP contribution < -0.4 is 0 Å². The third-order valence-electron chi connectivity index (χ3n) is 0.854. The molecular weight excluding hydrogens is 91.0 g/mol. The van der Waals surface area contributed by atoms with E-state index in [2.05, 4.69) is 21.1 Å². The standard InChI is InChI=1S/C5H7P/c6-5-3-1-2-4-5/h5H,3-4,6H2. The van der Waals surface area contributed by atoms with Crippen LogP contribution in [-0.2, 0) is 0 Å². The van der Waals surface area contributed by atoms with Crippen LogP contribution in [-0.4, -0.2) is 5.66 Å². The van der Waals surface area contributed by atoms with Crippen LogP contribution in [0.15, 0.2) is 0 Å². The van der Waals surface area contributed by atoms with Crippen molar-refractivity contribution in [2.24, 2.45) is 0 Å². The van der Waals surface area contributed by atoms with Crippen LogP contribution in [0.4, 0.5) is 0 Å². The molecule has 0 aromatic carbocycles. The first kappa shape index (κ1) is 4.16. The predicted molar refractivity (Wildman–Crippen MR) is 30.5 cm³/mol. The highest BCUT2D eigenvalue weighted by Gasteiger charge is 1.99. The summed E-state index contributed by atoms with van der Waals surface area (Å²) in [5.41, 5.74) is 0.741. The molecule has 0 saturated heterocycles. The molecule has 32 valence electrons. The van der Waals surface area contributed by atoms with E-state index >= 15 is 0 Å². The van der Waals surface area contributed by atoms with Crippen molar-refractivity contribution in [3.05, 3.63) is 0 Å². The van der Waals surface area contributed by atoms with Crippen LogP contribution in [0.25, 0.3) is 0 Å². The van der Waals surface area contributed by atoms with Gasteiger partial charge in [0, 0.05) is 12.8 Å². The topological polar surface area (TPSA) is 0 Å². The van der Waals surface area contributed by atoms with Crippen LogP contribution >= 0.6 is 9.24 Å². The van der Waals surface area contributed by atoms with Gasteiger partial charge < -0.3 is 0 Å². The molecule has 1 rings (SSSR count). The fourth-order valence-corrected chi connectivity index (χ4v) is 0.714. The van der Waals surface area contributed by atoms with Crippen molar-refractivity contribution in [3.8, 4) is 11.8 Å². The normalized spacial score (nSPS) is 20.2. The van der Waals surface area contributed by atoms with Gasteiger partial charge in [0.1, 0.15) is 0 Å². The Bertz CT molecular complexity index is 86.2. The first-order valence-corrected chi connectivity index (χ1v) is 2.77. The third-order valence-corrected chi connectivity index (χ3v) is 1.32. The summed E-state index contributed by atoms with van der Waals surface area (Å²) in [7, 11) is 2.75. The maximum Gasteiger partial charge on any atom is 0.0161 e. The molecule has 0 saturated carbocycles. The first-order chi connectivity index (χ1) is 2.89. The minimum absolute atomic E-state index is 0.741. The van der Waals surface area contributed by atoms with Crippen LogP contribution in [0, 0.1) is 11.8 Å². The highest BCUT2D eigenvalue weighted by molar-refractivity contribution is 7.17. The summed E-state index contributed by atoms with van der Waals surface area (Å²) in [4.78, 5) is 0. The molecule has 1 heteroatoms. The summed E-state index contributed by atoms with van der Waals surface area (Å²) in [6.07, 6.45) is 2.18. The Labute approximate surface area is 40.5 Å². The molecule has 1 aliphatic rings. The van der Waals surface area contributed by atoms with Crippen LogP contribution in [0.5, 0.6) is 0 Å². The molecule has 1 unspecified atom stereocenters. The van der Waals surface area contributed by atoms with Crippen molar-refractivity contribution in [2.75, 3.05) is 0 Å². The van der Waals surface area contributed by atoms with Gasteiger partial charge in [0.15, 0.2) is 0 Å². The smallest absolute Gasteiger partial charge is 0.0161 e. The molecular formula is C5H7P. The summed E-state index contributed by atoms with van der Waals surface area (Å²) < 4.78 is 0. The average Bonchev–Trinajstić information content (AvgIpc) is 1.86. The molecule has 1 atom stereocenters. The second kappa shape index (κ2) is 1.63. The van der Waals surface area contributed by atoms with Gasteiger partial charge in [-0.3, -0.25) is 0 Å². The second-order valence-electron chi connectivity index (χ2n) is 1.52. The zero-order valence-electron chi connectivity index (χ0n) is 3.57. The van der Waals surface area contributed by atoms with E-state index in [1.807, 2.05) is 0 Å². The van der Waals surface area contributed by atoms with Crippen LogP contribution in [0.3, 0.4) is 0 Å². The van der Waals surface area contributed by atoms with E-state index in [1.54, 1.807) is 0 Å². The molecule has 0 aromatic rings. The van der Waals surface area contributed by atoms with Gasteiger partial charge in [0.05, 0.1) is 0 Å². The van der Waals surface area contributed by atoms with Gasteiger partial charge in [0.25, 0.3) is 0 Å². The fraction of sp³-hybridized carbons (Fsp3) is 0.600. The molecule has 1 aliphatic carbocycles. The van der Waals surface area contributed by atoms with Gasteiger partial charge >= 0.3 is 0 Å². The van der Waals surface area contributed by atoms with E-state index in [1.165, 1.54) is 0 Å².